The van der Waals surface area contributed by atoms with Crippen molar-refractivity contribution in [3.8, 4) is 0 Å². The molecule has 0 aromatic heterocycles. The lowest BCUT2D eigenvalue weighted by atomic mass is 9.95. The molecule has 1 fully saturated rings. The first-order chi connectivity index (χ1) is 8.57. The molecule has 2 unspecified atom stereocenters. The Morgan fingerprint density at radius 3 is 2.72 bits per heavy atom. The van der Waals surface area contributed by atoms with Gasteiger partial charge in [-0.15, -0.1) is 0 Å². The zero-order valence-electron chi connectivity index (χ0n) is 10.2. The summed E-state index contributed by atoms with van der Waals surface area (Å²) in [5, 5.41) is 0. The van der Waals surface area contributed by atoms with Gasteiger partial charge in [-0.3, -0.25) is 0 Å². The Labute approximate surface area is 108 Å². The number of benzene rings is 1. The van der Waals surface area contributed by atoms with Crippen LogP contribution in [0.5, 0.6) is 0 Å². The average molecular weight is 266 g/mol. The highest BCUT2D eigenvalue weighted by Crippen LogP contribution is 2.35. The summed E-state index contributed by atoms with van der Waals surface area (Å²) < 4.78 is 23.2. The molecule has 1 aromatic carbocycles. The lowest BCUT2D eigenvalue weighted by Crippen LogP contribution is -2.41. The number of anilines is 1. The van der Waals surface area contributed by atoms with Gasteiger partial charge in [-0.2, -0.15) is 0 Å². The normalized spacial score (nSPS) is 30.2. The number of nitrogens with zero attached hydrogens (tertiary/aromatic N) is 1. The first-order valence-corrected chi connectivity index (χ1v) is 8.20. The summed E-state index contributed by atoms with van der Waals surface area (Å²) in [6.45, 7) is 0.859. The maximum absolute atomic E-state index is 11.6. The van der Waals surface area contributed by atoms with Gasteiger partial charge in [0.15, 0.2) is 9.84 Å². The van der Waals surface area contributed by atoms with E-state index in [2.05, 4.69) is 17.0 Å². The standard InChI is InChI=1S/C13H18N2O2S/c14-12-5-7-15(10-6-8-18(16,17)9-10)13-4-2-1-3-11(12)13/h1-4,10,12H,5-9,14H2. The van der Waals surface area contributed by atoms with E-state index in [0.717, 1.165) is 30.6 Å². The zero-order valence-corrected chi connectivity index (χ0v) is 11.1. The van der Waals surface area contributed by atoms with E-state index in [0.29, 0.717) is 5.75 Å². The SMILES string of the molecule is NC1CCN(C2CCS(=O)(=O)C2)c2ccccc21. The molecule has 2 heterocycles. The van der Waals surface area contributed by atoms with E-state index in [1.54, 1.807) is 0 Å². The van der Waals surface area contributed by atoms with E-state index < -0.39 is 9.84 Å². The molecule has 2 aliphatic rings. The quantitative estimate of drug-likeness (QED) is 0.826. The van der Waals surface area contributed by atoms with E-state index in [-0.39, 0.29) is 17.8 Å². The maximum atomic E-state index is 11.6. The van der Waals surface area contributed by atoms with Crippen LogP contribution in [0.25, 0.3) is 0 Å². The zero-order chi connectivity index (χ0) is 12.8. The second kappa shape index (κ2) is 4.24. The Balaban J connectivity index is 1.94. The Morgan fingerprint density at radius 1 is 1.22 bits per heavy atom. The topological polar surface area (TPSA) is 63.4 Å². The van der Waals surface area contributed by atoms with Gasteiger partial charge in [-0.25, -0.2) is 8.42 Å². The van der Waals surface area contributed by atoms with Gasteiger partial charge < -0.3 is 10.6 Å². The molecular formula is C13H18N2O2S. The van der Waals surface area contributed by atoms with Gasteiger partial charge in [-0.05, 0) is 24.5 Å². The third-order valence-corrected chi connectivity index (χ3v) is 5.73. The van der Waals surface area contributed by atoms with E-state index in [1.807, 2.05) is 12.1 Å². The van der Waals surface area contributed by atoms with Crippen LogP contribution in [0, 0.1) is 0 Å². The molecule has 0 spiro atoms. The molecule has 2 aliphatic heterocycles. The van der Waals surface area contributed by atoms with Crippen molar-refractivity contribution < 1.29 is 8.42 Å². The fourth-order valence-corrected chi connectivity index (χ4v) is 4.75. The summed E-state index contributed by atoms with van der Waals surface area (Å²) in [6.07, 6.45) is 1.64. The predicted molar refractivity (Wildman–Crippen MR) is 72.4 cm³/mol. The lowest BCUT2D eigenvalue weighted by molar-refractivity contribution is 0.544. The van der Waals surface area contributed by atoms with Crippen LogP contribution < -0.4 is 10.6 Å². The van der Waals surface area contributed by atoms with Gasteiger partial charge in [0.1, 0.15) is 0 Å². The van der Waals surface area contributed by atoms with Crippen LogP contribution in [-0.4, -0.2) is 32.5 Å². The van der Waals surface area contributed by atoms with Crippen molar-refractivity contribution in [1.29, 1.82) is 0 Å². The third kappa shape index (κ3) is 2.01. The number of fused-ring (bicyclic) bond motifs is 1. The van der Waals surface area contributed by atoms with Crippen LogP contribution in [0.3, 0.4) is 0 Å². The van der Waals surface area contributed by atoms with Crippen LogP contribution in [0.15, 0.2) is 24.3 Å². The van der Waals surface area contributed by atoms with E-state index in [4.69, 9.17) is 5.73 Å². The van der Waals surface area contributed by atoms with Gasteiger partial charge in [0.2, 0.25) is 0 Å². The smallest absolute Gasteiger partial charge is 0.152 e. The minimum absolute atomic E-state index is 0.0791. The largest absolute Gasteiger partial charge is 0.367 e. The molecule has 0 bridgehead atoms. The van der Waals surface area contributed by atoms with Gasteiger partial charge in [0, 0.05) is 24.3 Å². The molecule has 0 aliphatic carbocycles. The second-order valence-corrected chi connectivity index (χ2v) is 7.43. The maximum Gasteiger partial charge on any atom is 0.152 e. The van der Waals surface area contributed by atoms with Crippen molar-refractivity contribution in [3.63, 3.8) is 0 Å². The van der Waals surface area contributed by atoms with Crippen molar-refractivity contribution in [2.24, 2.45) is 5.73 Å². The van der Waals surface area contributed by atoms with Gasteiger partial charge in [0.05, 0.1) is 11.5 Å². The summed E-state index contributed by atoms with van der Waals surface area (Å²) in [5.41, 5.74) is 8.39. The fraction of sp³-hybridized carbons (Fsp3) is 0.538. The van der Waals surface area contributed by atoms with Crippen molar-refractivity contribution in [1.82, 2.24) is 0 Å². The first kappa shape index (κ1) is 12.0. The lowest BCUT2D eigenvalue weighted by Gasteiger charge is -2.38. The third-order valence-electron chi connectivity index (χ3n) is 3.98. The number of para-hydroxylation sites is 1. The van der Waals surface area contributed by atoms with Crippen LogP contribution in [0.2, 0.25) is 0 Å². The van der Waals surface area contributed by atoms with Gasteiger partial charge in [-0.1, -0.05) is 18.2 Å². The molecule has 1 saturated heterocycles. The van der Waals surface area contributed by atoms with Crippen molar-refractivity contribution in [3.05, 3.63) is 29.8 Å². The predicted octanol–water partition coefficient (Wildman–Crippen LogP) is 1.08. The Bertz CT molecular complexity index is 556. The summed E-state index contributed by atoms with van der Waals surface area (Å²) in [5.74, 6) is 0.610. The minimum Gasteiger partial charge on any atom is -0.367 e. The highest BCUT2D eigenvalue weighted by Gasteiger charge is 2.35. The summed E-state index contributed by atoms with van der Waals surface area (Å²) in [6, 6.07) is 8.30. The Morgan fingerprint density at radius 2 is 2.00 bits per heavy atom. The van der Waals surface area contributed by atoms with Crippen LogP contribution in [0.4, 0.5) is 5.69 Å². The van der Waals surface area contributed by atoms with Crippen LogP contribution in [-0.2, 0) is 9.84 Å². The summed E-state index contributed by atoms with van der Waals surface area (Å²) >= 11 is 0. The van der Waals surface area contributed by atoms with E-state index in [1.165, 1.54) is 0 Å². The molecular weight excluding hydrogens is 248 g/mol. The summed E-state index contributed by atoms with van der Waals surface area (Å²) in [7, 11) is -2.83. The molecule has 3 rings (SSSR count). The molecule has 0 saturated carbocycles. The number of hydrogen-bond acceptors (Lipinski definition) is 4. The first-order valence-electron chi connectivity index (χ1n) is 6.38. The number of rotatable bonds is 1. The number of sulfone groups is 1. The van der Waals surface area contributed by atoms with E-state index >= 15 is 0 Å². The van der Waals surface area contributed by atoms with Crippen molar-refractivity contribution in [2.45, 2.75) is 24.9 Å². The highest BCUT2D eigenvalue weighted by atomic mass is 32.2. The molecule has 0 amide bonds. The molecule has 4 nitrogen and oxygen atoms in total. The second-order valence-electron chi connectivity index (χ2n) is 5.20. The Hall–Kier alpha value is -1.07. The monoisotopic (exact) mass is 266 g/mol. The highest BCUT2D eigenvalue weighted by molar-refractivity contribution is 7.91. The number of hydrogen-bond donors (Lipinski definition) is 1. The van der Waals surface area contributed by atoms with Gasteiger partial charge in [0.25, 0.3) is 0 Å². The van der Waals surface area contributed by atoms with Crippen LogP contribution >= 0.6 is 0 Å². The van der Waals surface area contributed by atoms with Crippen molar-refractivity contribution >= 4 is 15.5 Å². The number of nitrogens with two attached hydrogens (primary N) is 1. The molecule has 2 N–H and O–H groups in total. The molecule has 5 heteroatoms. The van der Waals surface area contributed by atoms with Crippen molar-refractivity contribution in [2.75, 3.05) is 23.0 Å². The Kier molecular flexibility index (Phi) is 2.83. The van der Waals surface area contributed by atoms with E-state index in [9.17, 15) is 8.42 Å². The summed E-state index contributed by atoms with van der Waals surface area (Å²) in [4.78, 5) is 2.24. The molecule has 1 aromatic rings. The van der Waals surface area contributed by atoms with Crippen LogP contribution in [0.1, 0.15) is 24.4 Å². The molecule has 18 heavy (non-hydrogen) atoms. The molecule has 0 radical (unpaired) electrons. The molecule has 98 valence electrons. The fourth-order valence-electron chi connectivity index (χ4n) is 3.02. The van der Waals surface area contributed by atoms with Gasteiger partial charge >= 0.3 is 0 Å². The minimum atomic E-state index is -2.83. The average Bonchev–Trinajstić information content (AvgIpc) is 2.70. The molecule has 2 atom stereocenters.